The second-order valence-electron chi connectivity index (χ2n) is 16.6. The fourth-order valence-electron chi connectivity index (χ4n) is 10.3. The van der Waals surface area contributed by atoms with E-state index in [-0.39, 0.29) is 5.41 Å². The van der Waals surface area contributed by atoms with Crippen molar-refractivity contribution in [3.63, 3.8) is 0 Å². The van der Waals surface area contributed by atoms with E-state index in [0.29, 0.717) is 0 Å². The van der Waals surface area contributed by atoms with Crippen LogP contribution in [-0.2, 0) is 10.8 Å². The number of rotatable bonds is 6. The van der Waals surface area contributed by atoms with Crippen LogP contribution in [0, 0.1) is 6.92 Å². The first kappa shape index (κ1) is 34.3. The summed E-state index contributed by atoms with van der Waals surface area (Å²) in [4.78, 5) is 2.51. The molecule has 0 aliphatic heterocycles. The van der Waals surface area contributed by atoms with Gasteiger partial charge in [0.1, 0.15) is 0 Å². The number of hydrogen-bond donors (Lipinski definition) is 0. The fourth-order valence-corrected chi connectivity index (χ4v) is 10.3. The van der Waals surface area contributed by atoms with Crippen LogP contribution in [0.5, 0.6) is 0 Å². The van der Waals surface area contributed by atoms with E-state index in [1.165, 1.54) is 83.1 Å². The molecular formula is C57H43N. The first-order valence-corrected chi connectivity index (χ1v) is 20.4. The number of benzene rings is 9. The number of aryl methyl sites for hydroxylation is 1. The second-order valence-corrected chi connectivity index (χ2v) is 16.6. The lowest BCUT2D eigenvalue weighted by molar-refractivity contribution is 0.660. The summed E-state index contributed by atoms with van der Waals surface area (Å²) in [7, 11) is 0. The molecule has 0 fully saturated rings. The van der Waals surface area contributed by atoms with Crippen LogP contribution in [0.4, 0.5) is 17.1 Å². The topological polar surface area (TPSA) is 3.24 Å². The Bertz CT molecular complexity index is 3010. The Labute approximate surface area is 341 Å². The number of nitrogens with zero attached hydrogens (tertiary/aromatic N) is 1. The highest BCUT2D eigenvalue weighted by Crippen LogP contribution is 2.58. The molecule has 11 rings (SSSR count). The summed E-state index contributed by atoms with van der Waals surface area (Å²) in [5.41, 5.74) is 19.5. The van der Waals surface area contributed by atoms with Crippen LogP contribution >= 0.6 is 0 Å². The van der Waals surface area contributed by atoms with E-state index in [4.69, 9.17) is 0 Å². The lowest BCUT2D eigenvalue weighted by Gasteiger charge is -2.36. The minimum Gasteiger partial charge on any atom is -0.310 e. The normalized spacial score (nSPS) is 14.1. The third-order valence-electron chi connectivity index (χ3n) is 12.9. The van der Waals surface area contributed by atoms with Gasteiger partial charge in [0.2, 0.25) is 0 Å². The summed E-state index contributed by atoms with van der Waals surface area (Å²) in [5, 5.41) is 2.49. The molecule has 0 spiro atoms. The Morgan fingerprint density at radius 2 is 0.931 bits per heavy atom. The van der Waals surface area contributed by atoms with Gasteiger partial charge in [0.05, 0.1) is 11.1 Å². The summed E-state index contributed by atoms with van der Waals surface area (Å²) in [5.74, 6) is 0. The van der Waals surface area contributed by atoms with E-state index < -0.39 is 5.41 Å². The van der Waals surface area contributed by atoms with Crippen molar-refractivity contribution in [3.8, 4) is 33.4 Å². The summed E-state index contributed by atoms with van der Waals surface area (Å²) in [6, 6.07) is 77.0. The lowest BCUT2D eigenvalue weighted by Crippen LogP contribution is -2.29. The zero-order valence-electron chi connectivity index (χ0n) is 33.1. The van der Waals surface area contributed by atoms with Crippen LogP contribution in [0.25, 0.3) is 44.2 Å². The molecule has 0 amide bonds. The maximum atomic E-state index is 2.51. The van der Waals surface area contributed by atoms with Crippen LogP contribution in [0.15, 0.2) is 206 Å². The Morgan fingerprint density at radius 1 is 0.362 bits per heavy atom. The third-order valence-corrected chi connectivity index (χ3v) is 12.9. The maximum absolute atomic E-state index is 2.51. The van der Waals surface area contributed by atoms with E-state index in [9.17, 15) is 0 Å². The van der Waals surface area contributed by atoms with E-state index in [2.05, 4.69) is 232 Å². The van der Waals surface area contributed by atoms with Gasteiger partial charge in [-0.3, -0.25) is 0 Å². The maximum Gasteiger partial charge on any atom is 0.0714 e. The van der Waals surface area contributed by atoms with Crippen molar-refractivity contribution in [3.05, 3.63) is 245 Å². The van der Waals surface area contributed by atoms with Crippen LogP contribution < -0.4 is 4.90 Å². The van der Waals surface area contributed by atoms with Gasteiger partial charge in [0.25, 0.3) is 0 Å². The number of hydrogen-bond acceptors (Lipinski definition) is 1. The van der Waals surface area contributed by atoms with Crippen LogP contribution in [0.1, 0.15) is 52.8 Å². The van der Waals surface area contributed by atoms with Crippen molar-refractivity contribution in [2.45, 2.75) is 31.6 Å². The van der Waals surface area contributed by atoms with Crippen molar-refractivity contribution in [1.82, 2.24) is 0 Å². The summed E-state index contributed by atoms with van der Waals surface area (Å²) in [6.07, 6.45) is 0. The summed E-state index contributed by atoms with van der Waals surface area (Å²) in [6.45, 7) is 7.01. The molecule has 1 heteroatoms. The lowest BCUT2D eigenvalue weighted by atomic mass is 9.67. The SMILES string of the molecule is Cc1cc(N(c2ccc3c(c2)C(C)(C)c2ccccc2-3)c2ccccc2-c2ccccc2)cc(C2(c3ccc4ccccc4c3)c3ccccc3-c3ccccc32)c1. The van der Waals surface area contributed by atoms with Gasteiger partial charge in [-0.15, -0.1) is 0 Å². The molecule has 0 saturated carbocycles. The molecule has 2 aliphatic rings. The number of fused-ring (bicyclic) bond motifs is 7. The van der Waals surface area contributed by atoms with Crippen molar-refractivity contribution in [2.75, 3.05) is 4.90 Å². The molecule has 0 saturated heterocycles. The minimum absolute atomic E-state index is 0.137. The fraction of sp³-hybridized carbons (Fsp3) is 0.0877. The van der Waals surface area contributed by atoms with Gasteiger partial charge >= 0.3 is 0 Å². The Morgan fingerprint density at radius 3 is 1.66 bits per heavy atom. The van der Waals surface area contributed by atoms with Crippen LogP contribution in [0.2, 0.25) is 0 Å². The summed E-state index contributed by atoms with van der Waals surface area (Å²) >= 11 is 0. The molecule has 0 atom stereocenters. The molecule has 0 unspecified atom stereocenters. The number of para-hydroxylation sites is 1. The highest BCUT2D eigenvalue weighted by molar-refractivity contribution is 5.93. The van der Waals surface area contributed by atoms with Gasteiger partial charge < -0.3 is 4.90 Å². The van der Waals surface area contributed by atoms with Crippen molar-refractivity contribution in [2.24, 2.45) is 0 Å². The molecule has 0 aromatic heterocycles. The monoisotopic (exact) mass is 741 g/mol. The van der Waals surface area contributed by atoms with Gasteiger partial charge in [-0.2, -0.15) is 0 Å². The zero-order chi connectivity index (χ0) is 39.0. The zero-order valence-corrected chi connectivity index (χ0v) is 33.1. The molecule has 9 aromatic rings. The third kappa shape index (κ3) is 5.03. The smallest absolute Gasteiger partial charge is 0.0714 e. The molecule has 0 N–H and O–H groups in total. The first-order chi connectivity index (χ1) is 28.4. The predicted molar refractivity (Wildman–Crippen MR) is 244 cm³/mol. The molecule has 9 aromatic carbocycles. The van der Waals surface area contributed by atoms with Crippen molar-refractivity contribution in [1.29, 1.82) is 0 Å². The van der Waals surface area contributed by atoms with E-state index in [1.807, 2.05) is 0 Å². The second kappa shape index (κ2) is 13.0. The van der Waals surface area contributed by atoms with E-state index in [0.717, 1.165) is 17.1 Å². The minimum atomic E-state index is -0.551. The van der Waals surface area contributed by atoms with Crippen LogP contribution in [-0.4, -0.2) is 0 Å². The molecule has 58 heavy (non-hydrogen) atoms. The standard InChI is InChI=1S/C57H43N/c1-38-33-43(57(42-30-29-39-17-7-8-20-41(39)35-42)52-26-14-10-23-48(52)49-24-11-15-27-53(49)57)36-45(34-38)58(55-28-16-12-21-46(55)40-18-5-4-6-19-40)44-31-32-50-47-22-9-13-25-51(47)56(2,3)54(50)37-44/h4-37H,1-3H3. The van der Waals surface area contributed by atoms with Gasteiger partial charge in [-0.1, -0.05) is 184 Å². The molecule has 0 bridgehead atoms. The Balaban J connectivity index is 1.21. The highest BCUT2D eigenvalue weighted by atomic mass is 15.1. The molecular weight excluding hydrogens is 699 g/mol. The number of anilines is 3. The van der Waals surface area contributed by atoms with Crippen molar-refractivity contribution < 1.29 is 0 Å². The molecule has 276 valence electrons. The molecule has 2 aliphatic carbocycles. The van der Waals surface area contributed by atoms with E-state index >= 15 is 0 Å². The Hall–Kier alpha value is -6.96. The van der Waals surface area contributed by atoms with Gasteiger partial charge in [0, 0.05) is 22.4 Å². The largest absolute Gasteiger partial charge is 0.310 e. The quantitative estimate of drug-likeness (QED) is 0.164. The van der Waals surface area contributed by atoms with Gasteiger partial charge in [-0.05, 0) is 121 Å². The summed E-state index contributed by atoms with van der Waals surface area (Å²) < 4.78 is 0. The molecule has 0 heterocycles. The van der Waals surface area contributed by atoms with Crippen molar-refractivity contribution >= 4 is 27.8 Å². The van der Waals surface area contributed by atoms with E-state index in [1.54, 1.807) is 0 Å². The predicted octanol–water partition coefficient (Wildman–Crippen LogP) is 15.0. The first-order valence-electron chi connectivity index (χ1n) is 20.4. The van der Waals surface area contributed by atoms with Crippen LogP contribution in [0.3, 0.4) is 0 Å². The van der Waals surface area contributed by atoms with Gasteiger partial charge in [-0.25, -0.2) is 0 Å². The average Bonchev–Trinajstić information content (AvgIpc) is 3.70. The van der Waals surface area contributed by atoms with Gasteiger partial charge in [0.15, 0.2) is 0 Å². The highest BCUT2D eigenvalue weighted by Gasteiger charge is 2.46. The molecule has 1 nitrogen and oxygen atoms in total. The Kier molecular flexibility index (Phi) is 7.72. The molecule has 0 radical (unpaired) electrons. The average molecular weight is 742 g/mol.